The molecule has 0 aromatic carbocycles. The van der Waals surface area contributed by atoms with E-state index in [1.165, 1.54) is 6.26 Å². The molecule has 0 N–H and O–H groups in total. The summed E-state index contributed by atoms with van der Waals surface area (Å²) < 4.78 is 4.27. The Balaban J connectivity index is 3.56. The lowest BCUT2D eigenvalue weighted by Gasteiger charge is -1.91. The zero-order valence-corrected chi connectivity index (χ0v) is 6.37. The lowest BCUT2D eigenvalue weighted by atomic mass is 10.4. The van der Waals surface area contributed by atoms with Crippen molar-refractivity contribution in [3.05, 3.63) is 11.8 Å². The van der Waals surface area contributed by atoms with E-state index in [1.54, 1.807) is 6.92 Å². The van der Waals surface area contributed by atoms with Gasteiger partial charge in [0.25, 0.3) is 0 Å². The van der Waals surface area contributed by atoms with Gasteiger partial charge < -0.3 is 4.74 Å². The Hall–Kier alpha value is -0.210. The average Bonchev–Trinajstić information content (AvgIpc) is 1.83. The zero-order chi connectivity index (χ0) is 7.28. The van der Waals surface area contributed by atoms with Gasteiger partial charge >= 0.3 is 5.43 Å². The number of halogens is 2. The van der Waals surface area contributed by atoms with E-state index in [1.807, 2.05) is 0 Å². The van der Waals surface area contributed by atoms with Crippen LogP contribution in [0.4, 0.5) is 4.79 Å². The van der Waals surface area contributed by atoms with E-state index in [9.17, 15) is 4.79 Å². The number of allylic oxidation sites excluding steroid dienone is 1. The van der Waals surface area contributed by atoms with Crippen LogP contribution in [-0.4, -0.2) is 11.3 Å². The molecule has 4 heteroatoms. The van der Waals surface area contributed by atoms with Gasteiger partial charge in [0.1, 0.15) is 0 Å². The third-order valence-corrected chi connectivity index (χ3v) is 1.07. The molecule has 0 radical (unpaired) electrons. The Morgan fingerprint density at radius 1 is 1.78 bits per heavy atom. The largest absolute Gasteiger partial charge is 0.422 e. The van der Waals surface area contributed by atoms with Crippen LogP contribution in [0.3, 0.4) is 0 Å². The van der Waals surface area contributed by atoms with E-state index in [2.05, 4.69) is 4.74 Å². The summed E-state index contributed by atoms with van der Waals surface area (Å²) in [6.07, 6.45) is 1.22. The molecule has 0 fully saturated rings. The van der Waals surface area contributed by atoms with Crippen LogP contribution in [0.2, 0.25) is 0 Å². The van der Waals surface area contributed by atoms with Gasteiger partial charge in [0.05, 0.1) is 6.26 Å². The predicted octanol–water partition coefficient (Wildman–Crippen LogP) is 2.50. The highest BCUT2D eigenvalue weighted by molar-refractivity contribution is 6.61. The van der Waals surface area contributed by atoms with E-state index in [4.69, 9.17) is 23.2 Å². The van der Waals surface area contributed by atoms with E-state index in [0.29, 0.717) is 5.88 Å². The minimum atomic E-state index is -0.848. The maximum Gasteiger partial charge on any atom is 0.408 e. The number of alkyl halides is 1. The predicted molar refractivity (Wildman–Crippen MR) is 36.8 cm³/mol. The Kier molecular flexibility index (Phi) is 4.54. The molecule has 2 nitrogen and oxygen atoms in total. The van der Waals surface area contributed by atoms with Crippen LogP contribution >= 0.6 is 23.2 Å². The monoisotopic (exact) mass is 168 g/mol. The second-order valence-electron chi connectivity index (χ2n) is 1.45. The fourth-order valence-corrected chi connectivity index (χ4v) is 0.286. The van der Waals surface area contributed by atoms with E-state index in [0.717, 1.165) is 5.57 Å². The molecular weight excluding hydrogens is 163 g/mol. The van der Waals surface area contributed by atoms with Crippen LogP contribution in [0.5, 0.6) is 0 Å². The fraction of sp³-hybridized carbons (Fsp3) is 0.400. The van der Waals surface area contributed by atoms with Gasteiger partial charge in [-0.15, -0.1) is 11.6 Å². The molecule has 9 heavy (non-hydrogen) atoms. The molecule has 0 rings (SSSR count). The Morgan fingerprint density at radius 2 is 2.33 bits per heavy atom. The Morgan fingerprint density at radius 3 is 2.67 bits per heavy atom. The molecular formula is C5H6Cl2O2. The van der Waals surface area contributed by atoms with Gasteiger partial charge in [0.2, 0.25) is 0 Å². The summed E-state index contributed by atoms with van der Waals surface area (Å²) in [4.78, 5) is 9.92. The lowest BCUT2D eigenvalue weighted by Crippen LogP contribution is -1.86. The van der Waals surface area contributed by atoms with Crippen molar-refractivity contribution < 1.29 is 9.53 Å². The van der Waals surface area contributed by atoms with Crippen LogP contribution in [0.25, 0.3) is 0 Å². The molecule has 0 aliphatic carbocycles. The molecule has 0 aliphatic heterocycles. The van der Waals surface area contributed by atoms with Crippen molar-refractivity contribution in [2.24, 2.45) is 0 Å². The summed E-state index contributed by atoms with van der Waals surface area (Å²) in [7, 11) is 0. The van der Waals surface area contributed by atoms with Crippen molar-refractivity contribution >= 4 is 28.6 Å². The summed E-state index contributed by atoms with van der Waals surface area (Å²) in [5.41, 5.74) is -0.0925. The minimum Gasteiger partial charge on any atom is -0.422 e. The van der Waals surface area contributed by atoms with Crippen molar-refractivity contribution in [3.63, 3.8) is 0 Å². The maximum absolute atomic E-state index is 9.92. The number of hydrogen-bond acceptors (Lipinski definition) is 2. The molecule has 0 aromatic rings. The van der Waals surface area contributed by atoms with Crippen LogP contribution < -0.4 is 0 Å². The number of carbonyl (C=O) groups is 1. The number of ether oxygens (including phenoxy) is 1. The molecule has 0 aromatic heterocycles. The van der Waals surface area contributed by atoms with Crippen LogP contribution in [-0.2, 0) is 4.74 Å². The van der Waals surface area contributed by atoms with E-state index < -0.39 is 5.43 Å². The first kappa shape index (κ1) is 8.79. The summed E-state index contributed by atoms with van der Waals surface area (Å²) in [6, 6.07) is 0. The summed E-state index contributed by atoms with van der Waals surface area (Å²) in [6.45, 7) is 1.73. The summed E-state index contributed by atoms with van der Waals surface area (Å²) in [5.74, 6) is 0.337. The van der Waals surface area contributed by atoms with Crippen molar-refractivity contribution in [3.8, 4) is 0 Å². The summed E-state index contributed by atoms with van der Waals surface area (Å²) >= 11 is 10.2. The van der Waals surface area contributed by atoms with Crippen molar-refractivity contribution in [2.45, 2.75) is 6.92 Å². The molecule has 0 unspecified atom stereocenters. The fourth-order valence-electron chi connectivity index (χ4n) is 0.178. The smallest absolute Gasteiger partial charge is 0.408 e. The Bertz CT molecular complexity index is 131. The van der Waals surface area contributed by atoms with Crippen LogP contribution in [0.15, 0.2) is 11.8 Å². The van der Waals surface area contributed by atoms with Crippen molar-refractivity contribution in [1.82, 2.24) is 0 Å². The third kappa shape index (κ3) is 5.66. The Labute approximate surface area is 63.4 Å². The van der Waals surface area contributed by atoms with E-state index >= 15 is 0 Å². The zero-order valence-electron chi connectivity index (χ0n) is 4.86. The number of hydrogen-bond donors (Lipinski definition) is 0. The van der Waals surface area contributed by atoms with Crippen LogP contribution in [0, 0.1) is 0 Å². The van der Waals surface area contributed by atoms with Gasteiger partial charge in [-0.05, 0) is 12.5 Å². The molecule has 0 saturated carbocycles. The molecule has 0 bridgehead atoms. The van der Waals surface area contributed by atoms with Crippen LogP contribution in [0.1, 0.15) is 6.92 Å². The van der Waals surface area contributed by atoms with Gasteiger partial charge in [0.15, 0.2) is 0 Å². The highest BCUT2D eigenvalue weighted by Gasteiger charge is 1.90. The number of rotatable bonds is 2. The van der Waals surface area contributed by atoms with Gasteiger partial charge in [-0.3, -0.25) is 0 Å². The second kappa shape index (κ2) is 4.65. The van der Waals surface area contributed by atoms with E-state index in [-0.39, 0.29) is 0 Å². The minimum absolute atomic E-state index is 0.337. The highest BCUT2D eigenvalue weighted by atomic mass is 35.5. The molecule has 0 saturated heterocycles. The van der Waals surface area contributed by atoms with Gasteiger partial charge in [-0.25, -0.2) is 4.79 Å². The first-order chi connectivity index (χ1) is 4.16. The molecule has 0 atom stereocenters. The summed E-state index contributed by atoms with van der Waals surface area (Å²) in [5, 5.41) is 0. The van der Waals surface area contributed by atoms with Gasteiger partial charge in [-0.2, -0.15) is 0 Å². The standard InChI is InChI=1S/C5H6Cl2O2/c1-4(2-6)3-9-5(7)8/h3H,2H2,1H3/b4-3+. The average molecular weight is 169 g/mol. The highest BCUT2D eigenvalue weighted by Crippen LogP contribution is 1.97. The SMILES string of the molecule is C/C(=C\OC(=O)Cl)CCl. The molecule has 0 heterocycles. The van der Waals surface area contributed by atoms with Gasteiger partial charge in [-0.1, -0.05) is 0 Å². The molecule has 0 spiro atoms. The molecule has 0 amide bonds. The van der Waals surface area contributed by atoms with Crippen molar-refractivity contribution in [2.75, 3.05) is 5.88 Å². The lowest BCUT2D eigenvalue weighted by molar-refractivity contribution is 0.211. The maximum atomic E-state index is 9.92. The first-order valence-corrected chi connectivity index (χ1v) is 3.15. The normalized spacial score (nSPS) is 11.2. The number of carbonyl (C=O) groups excluding carboxylic acids is 1. The second-order valence-corrected chi connectivity index (χ2v) is 2.03. The first-order valence-electron chi connectivity index (χ1n) is 2.24. The third-order valence-electron chi connectivity index (χ3n) is 0.564. The topological polar surface area (TPSA) is 26.3 Å². The van der Waals surface area contributed by atoms with Gasteiger partial charge in [0, 0.05) is 17.5 Å². The molecule has 0 aliphatic rings. The quantitative estimate of drug-likeness (QED) is 0.360. The van der Waals surface area contributed by atoms with Crippen molar-refractivity contribution in [1.29, 1.82) is 0 Å². The molecule has 52 valence electrons.